The Balaban J connectivity index is 1.97. The maximum Gasteiger partial charge on any atom is 0.239 e. The second kappa shape index (κ2) is 7.75. The van der Waals surface area contributed by atoms with Crippen LogP contribution in [-0.2, 0) is 26.8 Å². The number of para-hydroxylation sites is 1. The lowest BCUT2D eigenvalue weighted by molar-refractivity contribution is -0.115. The highest BCUT2D eigenvalue weighted by molar-refractivity contribution is 7.85. The first-order valence-corrected chi connectivity index (χ1v) is 9.48. The van der Waals surface area contributed by atoms with Gasteiger partial charge in [-0.05, 0) is 35.6 Å². The Morgan fingerprint density at radius 3 is 2.17 bits per heavy atom. The summed E-state index contributed by atoms with van der Waals surface area (Å²) in [6.45, 7) is 8.19. The fraction of sp³-hybridized carbons (Fsp3) is 0.350. The van der Waals surface area contributed by atoms with Crippen molar-refractivity contribution < 1.29 is 9.00 Å². The predicted octanol–water partition coefficient (Wildman–Crippen LogP) is 4.26. The van der Waals surface area contributed by atoms with Gasteiger partial charge in [-0.3, -0.25) is 9.00 Å². The molecule has 2 rings (SSSR count). The molecule has 128 valence electrons. The Morgan fingerprint density at radius 1 is 1.04 bits per heavy atom. The van der Waals surface area contributed by atoms with Gasteiger partial charge in [-0.25, -0.2) is 0 Å². The molecule has 0 aliphatic heterocycles. The molecular formula is C20H25NO2S. The van der Waals surface area contributed by atoms with Crippen LogP contribution < -0.4 is 5.32 Å². The minimum atomic E-state index is -1.26. The van der Waals surface area contributed by atoms with Crippen molar-refractivity contribution in [3.8, 4) is 0 Å². The summed E-state index contributed by atoms with van der Waals surface area (Å²) in [7, 11) is -1.26. The number of carbonyl (C=O) groups excluding carboxylic acids is 1. The quantitative estimate of drug-likeness (QED) is 0.882. The van der Waals surface area contributed by atoms with Gasteiger partial charge in [0.2, 0.25) is 5.91 Å². The van der Waals surface area contributed by atoms with Crippen molar-refractivity contribution in [2.75, 3.05) is 5.32 Å². The normalized spacial score (nSPS) is 14.0. The van der Waals surface area contributed by atoms with E-state index in [-0.39, 0.29) is 11.3 Å². The number of hydrogen-bond donors (Lipinski definition) is 1. The molecule has 0 bridgehead atoms. The van der Waals surface area contributed by atoms with Gasteiger partial charge >= 0.3 is 0 Å². The van der Waals surface area contributed by atoms with E-state index in [4.69, 9.17) is 0 Å². The SMILES string of the molecule is CC(C(=O)Nc1ccccc1)S(=O)Cc1ccc(C(C)(C)C)cc1. The van der Waals surface area contributed by atoms with Gasteiger partial charge < -0.3 is 5.32 Å². The molecule has 4 heteroatoms. The van der Waals surface area contributed by atoms with Gasteiger partial charge in [-0.15, -0.1) is 0 Å². The van der Waals surface area contributed by atoms with Gasteiger partial charge in [-0.1, -0.05) is 63.2 Å². The molecule has 0 aliphatic carbocycles. The summed E-state index contributed by atoms with van der Waals surface area (Å²) in [5.74, 6) is 0.166. The van der Waals surface area contributed by atoms with E-state index in [1.807, 2.05) is 42.5 Å². The summed E-state index contributed by atoms with van der Waals surface area (Å²) in [6.07, 6.45) is 0. The Morgan fingerprint density at radius 2 is 1.62 bits per heavy atom. The highest BCUT2D eigenvalue weighted by Crippen LogP contribution is 2.22. The van der Waals surface area contributed by atoms with E-state index >= 15 is 0 Å². The second-order valence-electron chi connectivity index (χ2n) is 6.97. The number of nitrogens with one attached hydrogen (secondary N) is 1. The minimum absolute atomic E-state index is 0.0978. The van der Waals surface area contributed by atoms with Crippen LogP contribution in [0.3, 0.4) is 0 Å². The Labute approximate surface area is 146 Å². The third kappa shape index (κ3) is 5.03. The largest absolute Gasteiger partial charge is 0.325 e. The van der Waals surface area contributed by atoms with Gasteiger partial charge in [0.1, 0.15) is 5.25 Å². The van der Waals surface area contributed by atoms with Gasteiger partial charge in [-0.2, -0.15) is 0 Å². The average Bonchev–Trinajstić information content (AvgIpc) is 2.54. The molecule has 0 aromatic heterocycles. The van der Waals surface area contributed by atoms with E-state index in [1.165, 1.54) is 5.56 Å². The van der Waals surface area contributed by atoms with Crippen LogP contribution >= 0.6 is 0 Å². The molecule has 2 atom stereocenters. The summed E-state index contributed by atoms with van der Waals surface area (Å²) in [5, 5.41) is 2.24. The minimum Gasteiger partial charge on any atom is -0.325 e. The van der Waals surface area contributed by atoms with Crippen LogP contribution in [0.15, 0.2) is 54.6 Å². The molecule has 2 unspecified atom stereocenters. The number of carbonyl (C=O) groups is 1. The topological polar surface area (TPSA) is 46.2 Å². The smallest absolute Gasteiger partial charge is 0.239 e. The van der Waals surface area contributed by atoms with E-state index in [9.17, 15) is 9.00 Å². The van der Waals surface area contributed by atoms with Crippen LogP contribution in [0.2, 0.25) is 0 Å². The highest BCUT2D eigenvalue weighted by Gasteiger charge is 2.20. The summed E-state index contributed by atoms with van der Waals surface area (Å²) in [6, 6.07) is 17.4. The Bertz CT molecular complexity index is 703. The van der Waals surface area contributed by atoms with Crippen LogP contribution in [0.25, 0.3) is 0 Å². The van der Waals surface area contributed by atoms with Gasteiger partial charge in [0, 0.05) is 22.2 Å². The molecule has 0 fully saturated rings. The summed E-state index contributed by atoms with van der Waals surface area (Å²) < 4.78 is 12.5. The van der Waals surface area contributed by atoms with E-state index in [0.29, 0.717) is 5.75 Å². The molecule has 2 aromatic carbocycles. The lowest BCUT2D eigenvalue weighted by Crippen LogP contribution is -2.29. The number of amides is 1. The fourth-order valence-electron chi connectivity index (χ4n) is 2.27. The van der Waals surface area contributed by atoms with E-state index < -0.39 is 16.0 Å². The molecule has 1 N–H and O–H groups in total. The molecule has 0 heterocycles. The fourth-order valence-corrected chi connectivity index (χ4v) is 3.34. The maximum atomic E-state index is 12.5. The Hall–Kier alpha value is -1.94. The van der Waals surface area contributed by atoms with Crippen molar-refractivity contribution in [1.29, 1.82) is 0 Å². The first-order chi connectivity index (χ1) is 11.3. The number of hydrogen-bond acceptors (Lipinski definition) is 2. The first kappa shape index (κ1) is 18.4. The van der Waals surface area contributed by atoms with Crippen LogP contribution in [0.4, 0.5) is 5.69 Å². The van der Waals surface area contributed by atoms with Crippen molar-refractivity contribution >= 4 is 22.4 Å². The van der Waals surface area contributed by atoms with E-state index in [0.717, 1.165) is 11.3 Å². The average molecular weight is 343 g/mol. The molecule has 3 nitrogen and oxygen atoms in total. The van der Waals surface area contributed by atoms with Crippen LogP contribution in [0.1, 0.15) is 38.8 Å². The molecule has 1 amide bonds. The zero-order valence-electron chi connectivity index (χ0n) is 14.7. The zero-order valence-corrected chi connectivity index (χ0v) is 15.5. The molecule has 0 saturated heterocycles. The third-order valence-electron chi connectivity index (χ3n) is 3.93. The maximum absolute atomic E-state index is 12.5. The Kier molecular flexibility index (Phi) is 5.94. The van der Waals surface area contributed by atoms with Crippen LogP contribution in [0, 0.1) is 0 Å². The predicted molar refractivity (Wildman–Crippen MR) is 102 cm³/mol. The number of anilines is 1. The molecule has 0 aliphatic rings. The van der Waals surface area contributed by atoms with Crippen molar-refractivity contribution in [2.45, 2.75) is 44.1 Å². The van der Waals surface area contributed by atoms with Gasteiger partial charge in [0.25, 0.3) is 0 Å². The molecule has 24 heavy (non-hydrogen) atoms. The van der Waals surface area contributed by atoms with Crippen LogP contribution in [0.5, 0.6) is 0 Å². The van der Waals surface area contributed by atoms with E-state index in [1.54, 1.807) is 6.92 Å². The van der Waals surface area contributed by atoms with Crippen molar-refractivity contribution in [1.82, 2.24) is 0 Å². The summed E-state index contributed by atoms with van der Waals surface area (Å²) in [5.41, 5.74) is 3.05. The second-order valence-corrected chi connectivity index (χ2v) is 8.73. The molecule has 0 saturated carbocycles. The van der Waals surface area contributed by atoms with Crippen molar-refractivity contribution in [3.63, 3.8) is 0 Å². The van der Waals surface area contributed by atoms with E-state index in [2.05, 4.69) is 38.2 Å². The lowest BCUT2D eigenvalue weighted by Gasteiger charge is -2.19. The standard InChI is InChI=1S/C20H25NO2S/c1-15(19(22)21-18-8-6-5-7-9-18)24(23)14-16-10-12-17(13-11-16)20(2,3)4/h5-13,15H,14H2,1-4H3,(H,21,22). The monoisotopic (exact) mass is 343 g/mol. The number of rotatable bonds is 5. The van der Waals surface area contributed by atoms with Crippen LogP contribution in [-0.4, -0.2) is 15.4 Å². The highest BCUT2D eigenvalue weighted by atomic mass is 32.2. The first-order valence-electron chi connectivity index (χ1n) is 8.10. The number of benzene rings is 2. The molecular weight excluding hydrogens is 318 g/mol. The van der Waals surface area contributed by atoms with Crippen molar-refractivity contribution in [2.24, 2.45) is 0 Å². The molecule has 0 radical (unpaired) electrons. The van der Waals surface area contributed by atoms with Gasteiger partial charge in [0.15, 0.2) is 0 Å². The van der Waals surface area contributed by atoms with Gasteiger partial charge in [0.05, 0.1) is 0 Å². The van der Waals surface area contributed by atoms with Crippen molar-refractivity contribution in [3.05, 3.63) is 65.7 Å². The molecule has 0 spiro atoms. The summed E-state index contributed by atoms with van der Waals surface area (Å²) in [4.78, 5) is 12.2. The zero-order chi connectivity index (χ0) is 17.7. The summed E-state index contributed by atoms with van der Waals surface area (Å²) >= 11 is 0. The lowest BCUT2D eigenvalue weighted by atomic mass is 9.87. The third-order valence-corrected chi connectivity index (χ3v) is 5.55. The molecule has 2 aromatic rings.